The number of hydrogen-bond acceptors (Lipinski definition) is 7. The second-order valence-corrected chi connectivity index (χ2v) is 9.49. The molecule has 0 spiro atoms. The molecule has 0 amide bonds. The fourth-order valence-electron chi connectivity index (χ4n) is 4.68. The summed E-state index contributed by atoms with van der Waals surface area (Å²) in [6.45, 7) is 2.38. The standard InChI is InChI=1S/C33H27N3O5/c1-21-9-8-10-22(15-21)20-40-31-28(38-2)16-23(17-29(31)39-3)19-34-36-32(30-18-24-11-4-7-14-27(24)41-30)35-26-13-6-5-12-25(26)33(36)37/h4-19H,20H2,1-3H3. The highest BCUT2D eigenvalue weighted by Gasteiger charge is 2.18. The molecule has 0 aliphatic heterocycles. The van der Waals surface area contributed by atoms with Gasteiger partial charge in [-0.25, -0.2) is 4.98 Å². The van der Waals surface area contributed by atoms with E-state index < -0.39 is 0 Å². The highest BCUT2D eigenvalue weighted by molar-refractivity contribution is 5.85. The largest absolute Gasteiger partial charge is 0.493 e. The minimum absolute atomic E-state index is 0.290. The molecular formula is C33H27N3O5. The summed E-state index contributed by atoms with van der Waals surface area (Å²) >= 11 is 0. The van der Waals surface area contributed by atoms with Crippen molar-refractivity contribution in [1.82, 2.24) is 9.66 Å². The molecule has 2 heterocycles. The van der Waals surface area contributed by atoms with Crippen LogP contribution < -0.4 is 19.8 Å². The number of aromatic nitrogens is 2. The van der Waals surface area contributed by atoms with Gasteiger partial charge >= 0.3 is 0 Å². The predicted molar refractivity (Wildman–Crippen MR) is 159 cm³/mol. The molecule has 0 fully saturated rings. The average Bonchev–Trinajstić information content (AvgIpc) is 3.43. The Morgan fingerprint density at radius 3 is 2.41 bits per heavy atom. The van der Waals surface area contributed by atoms with Gasteiger partial charge in [0.2, 0.25) is 11.6 Å². The van der Waals surface area contributed by atoms with Crippen molar-refractivity contribution in [2.75, 3.05) is 14.2 Å². The number of methoxy groups -OCH3 is 2. The Morgan fingerprint density at radius 2 is 1.66 bits per heavy atom. The van der Waals surface area contributed by atoms with Crippen LogP contribution in [0, 0.1) is 6.92 Å². The van der Waals surface area contributed by atoms with Crippen molar-refractivity contribution in [3.05, 3.63) is 118 Å². The van der Waals surface area contributed by atoms with Gasteiger partial charge in [0.1, 0.15) is 12.2 Å². The molecule has 0 aliphatic carbocycles. The molecule has 0 unspecified atom stereocenters. The van der Waals surface area contributed by atoms with Crippen LogP contribution in [0.1, 0.15) is 16.7 Å². The summed E-state index contributed by atoms with van der Waals surface area (Å²) in [5, 5.41) is 5.90. The SMILES string of the molecule is COc1cc(C=Nn2c(-c3cc4ccccc4o3)nc3ccccc3c2=O)cc(OC)c1OCc1cccc(C)c1. The molecule has 2 aromatic heterocycles. The van der Waals surface area contributed by atoms with Crippen LogP contribution in [0.3, 0.4) is 0 Å². The number of furan rings is 1. The van der Waals surface area contributed by atoms with E-state index in [1.807, 2.05) is 61.5 Å². The van der Waals surface area contributed by atoms with Gasteiger partial charge in [0.05, 0.1) is 31.3 Å². The second kappa shape index (κ2) is 11.0. The summed E-state index contributed by atoms with van der Waals surface area (Å²) in [5.74, 6) is 2.14. The van der Waals surface area contributed by atoms with Gasteiger partial charge < -0.3 is 18.6 Å². The molecular weight excluding hydrogens is 518 g/mol. The Morgan fingerprint density at radius 1 is 0.902 bits per heavy atom. The maximum atomic E-state index is 13.6. The van der Waals surface area contributed by atoms with E-state index in [0.717, 1.165) is 16.5 Å². The van der Waals surface area contributed by atoms with Crippen molar-refractivity contribution in [2.24, 2.45) is 5.10 Å². The van der Waals surface area contributed by atoms with Crippen LogP contribution in [0.4, 0.5) is 0 Å². The molecule has 0 radical (unpaired) electrons. The third kappa shape index (κ3) is 5.15. The Bertz CT molecular complexity index is 1910. The maximum absolute atomic E-state index is 13.6. The third-order valence-corrected chi connectivity index (χ3v) is 6.67. The number of aryl methyl sites for hydroxylation is 1. The van der Waals surface area contributed by atoms with Crippen molar-refractivity contribution in [3.63, 3.8) is 0 Å². The van der Waals surface area contributed by atoms with E-state index in [4.69, 9.17) is 23.6 Å². The summed E-state index contributed by atoms with van der Waals surface area (Å²) < 4.78 is 24.7. The minimum Gasteiger partial charge on any atom is -0.493 e. The Hall–Kier alpha value is -5.37. The Labute approximate surface area is 236 Å². The Balaban J connectivity index is 1.41. The first kappa shape index (κ1) is 25.9. The molecule has 8 nitrogen and oxygen atoms in total. The molecule has 8 heteroatoms. The molecule has 204 valence electrons. The van der Waals surface area contributed by atoms with Gasteiger partial charge in [0, 0.05) is 10.9 Å². The Kier molecular flexibility index (Phi) is 6.95. The van der Waals surface area contributed by atoms with Gasteiger partial charge in [0.25, 0.3) is 5.56 Å². The zero-order valence-corrected chi connectivity index (χ0v) is 22.8. The number of benzene rings is 4. The van der Waals surface area contributed by atoms with Gasteiger partial charge in [-0.05, 0) is 48.9 Å². The topological polar surface area (TPSA) is 88.1 Å². The highest BCUT2D eigenvalue weighted by Crippen LogP contribution is 2.39. The zero-order valence-electron chi connectivity index (χ0n) is 22.8. The lowest BCUT2D eigenvalue weighted by molar-refractivity contribution is 0.266. The number of nitrogens with zero attached hydrogens (tertiary/aromatic N) is 3. The number of para-hydroxylation sites is 2. The van der Waals surface area contributed by atoms with Crippen molar-refractivity contribution < 1.29 is 18.6 Å². The van der Waals surface area contributed by atoms with Crippen LogP contribution in [0.5, 0.6) is 17.2 Å². The molecule has 6 rings (SSSR count). The van der Waals surface area contributed by atoms with Crippen molar-refractivity contribution in [1.29, 1.82) is 0 Å². The lowest BCUT2D eigenvalue weighted by Gasteiger charge is -2.15. The zero-order chi connectivity index (χ0) is 28.3. The van der Waals surface area contributed by atoms with Crippen molar-refractivity contribution in [2.45, 2.75) is 13.5 Å². The van der Waals surface area contributed by atoms with E-state index in [1.165, 1.54) is 4.68 Å². The number of rotatable bonds is 8. The van der Waals surface area contributed by atoms with Gasteiger partial charge in [-0.15, -0.1) is 0 Å². The summed E-state index contributed by atoms with van der Waals surface area (Å²) in [5.41, 5.74) is 3.74. The third-order valence-electron chi connectivity index (χ3n) is 6.67. The first-order chi connectivity index (χ1) is 20.0. The lowest BCUT2D eigenvalue weighted by Crippen LogP contribution is -2.20. The second-order valence-electron chi connectivity index (χ2n) is 9.49. The molecule has 4 aromatic carbocycles. The van der Waals surface area contributed by atoms with Crippen LogP contribution >= 0.6 is 0 Å². The minimum atomic E-state index is -0.320. The molecule has 0 aliphatic rings. The van der Waals surface area contributed by atoms with E-state index in [-0.39, 0.29) is 11.4 Å². The van der Waals surface area contributed by atoms with Crippen LogP contribution in [0.15, 0.2) is 105 Å². The van der Waals surface area contributed by atoms with Crippen molar-refractivity contribution in [3.8, 4) is 28.8 Å². The number of hydrogen-bond donors (Lipinski definition) is 0. The van der Waals surface area contributed by atoms with Gasteiger partial charge in [0.15, 0.2) is 17.3 Å². The van der Waals surface area contributed by atoms with Gasteiger partial charge in [-0.2, -0.15) is 9.78 Å². The molecule has 6 aromatic rings. The fraction of sp³-hybridized carbons (Fsp3) is 0.121. The molecule has 0 saturated heterocycles. The molecule has 0 atom stereocenters. The predicted octanol–water partition coefficient (Wildman–Crippen LogP) is 6.60. The first-order valence-electron chi connectivity index (χ1n) is 13.0. The normalized spacial score (nSPS) is 11.4. The monoisotopic (exact) mass is 545 g/mol. The summed E-state index contributed by atoms with van der Waals surface area (Å²) in [4.78, 5) is 18.3. The molecule has 41 heavy (non-hydrogen) atoms. The van der Waals surface area contributed by atoms with Crippen molar-refractivity contribution >= 4 is 28.1 Å². The quantitative estimate of drug-likeness (QED) is 0.200. The van der Waals surface area contributed by atoms with Gasteiger partial charge in [-0.1, -0.05) is 60.2 Å². The van der Waals surface area contributed by atoms with E-state index in [2.05, 4.69) is 11.2 Å². The summed E-state index contributed by atoms with van der Waals surface area (Å²) in [6, 6.07) is 28.3. The summed E-state index contributed by atoms with van der Waals surface area (Å²) in [6.07, 6.45) is 1.55. The van der Waals surface area contributed by atoms with Crippen LogP contribution in [0.25, 0.3) is 33.5 Å². The average molecular weight is 546 g/mol. The number of fused-ring (bicyclic) bond motifs is 2. The molecule has 0 bridgehead atoms. The summed E-state index contributed by atoms with van der Waals surface area (Å²) in [7, 11) is 3.12. The van der Waals surface area contributed by atoms with E-state index in [1.54, 1.807) is 50.8 Å². The highest BCUT2D eigenvalue weighted by atomic mass is 16.5. The van der Waals surface area contributed by atoms with E-state index >= 15 is 0 Å². The molecule has 0 saturated carbocycles. The smallest absolute Gasteiger partial charge is 0.282 e. The van der Waals surface area contributed by atoms with Crippen LogP contribution in [-0.4, -0.2) is 30.1 Å². The van der Waals surface area contributed by atoms with Crippen LogP contribution in [-0.2, 0) is 6.61 Å². The number of ether oxygens (including phenoxy) is 3. The fourth-order valence-corrected chi connectivity index (χ4v) is 4.68. The molecule has 0 N–H and O–H groups in total. The van der Waals surface area contributed by atoms with Gasteiger partial charge in [-0.3, -0.25) is 4.79 Å². The van der Waals surface area contributed by atoms with E-state index in [9.17, 15) is 4.79 Å². The van der Waals surface area contributed by atoms with E-state index in [0.29, 0.717) is 51.7 Å². The van der Waals surface area contributed by atoms with Crippen LogP contribution in [0.2, 0.25) is 0 Å². The lowest BCUT2D eigenvalue weighted by atomic mass is 10.1. The first-order valence-corrected chi connectivity index (χ1v) is 13.0. The maximum Gasteiger partial charge on any atom is 0.282 e.